The molecule has 0 aliphatic rings. The predicted octanol–water partition coefficient (Wildman–Crippen LogP) is 8.77. The fourth-order valence-electron chi connectivity index (χ4n) is 7.35. The van der Waals surface area contributed by atoms with E-state index in [2.05, 4.69) is 17.4 Å². The van der Waals surface area contributed by atoms with Gasteiger partial charge in [0, 0.05) is 34.7 Å². The Bertz CT molecular complexity index is 2460. The Labute approximate surface area is 288 Å². The topological polar surface area (TPSA) is 110 Å². The van der Waals surface area contributed by atoms with Crippen LogP contribution in [0.4, 0.5) is 0 Å². The van der Waals surface area contributed by atoms with Crippen LogP contribution in [0.25, 0.3) is 43.1 Å². The van der Waals surface area contributed by atoms with E-state index in [4.69, 9.17) is 4.74 Å². The van der Waals surface area contributed by atoms with Gasteiger partial charge in [0.1, 0.15) is 5.75 Å². The molecule has 7 aromatic rings. The van der Waals surface area contributed by atoms with Gasteiger partial charge in [0.05, 0.1) is 11.1 Å². The normalized spacial score (nSPS) is 11.4. The maximum atomic E-state index is 13.8. The summed E-state index contributed by atoms with van der Waals surface area (Å²) < 4.78 is 5.43. The Morgan fingerprint density at radius 1 is 0.660 bits per heavy atom. The summed E-state index contributed by atoms with van der Waals surface area (Å²) in [4.78, 5) is 51.7. The quantitative estimate of drug-likeness (QED) is 0.0587. The van der Waals surface area contributed by atoms with Crippen molar-refractivity contribution in [3.8, 4) is 5.75 Å². The number of fused-ring (bicyclic) bond motifs is 2. The Kier molecular flexibility index (Phi) is 8.73. The smallest absolute Gasteiger partial charge is 0.336 e. The Balaban J connectivity index is 1.34. The van der Waals surface area contributed by atoms with E-state index in [1.165, 1.54) is 0 Å². The third-order valence-electron chi connectivity index (χ3n) is 9.55. The maximum Gasteiger partial charge on any atom is 0.336 e. The number of nitrogens with one attached hydrogen (secondary N) is 1. The summed E-state index contributed by atoms with van der Waals surface area (Å²) in [7, 11) is 0. The fraction of sp³-hybridized carbons (Fsp3) is 0.163. The van der Waals surface area contributed by atoms with Crippen LogP contribution in [-0.2, 0) is 17.6 Å². The highest BCUT2D eigenvalue weighted by molar-refractivity contribution is 6.37. The lowest BCUT2D eigenvalue weighted by Gasteiger charge is -2.20. The Morgan fingerprint density at radius 3 is 1.82 bits per heavy atom. The van der Waals surface area contributed by atoms with E-state index in [9.17, 15) is 24.3 Å². The van der Waals surface area contributed by atoms with Crippen molar-refractivity contribution in [3.63, 3.8) is 0 Å². The molecule has 7 heteroatoms. The van der Waals surface area contributed by atoms with E-state index in [1.807, 2.05) is 68.4 Å². The summed E-state index contributed by atoms with van der Waals surface area (Å²) in [5, 5.41) is 18.6. The monoisotopic (exact) mass is 661 g/mol. The van der Waals surface area contributed by atoms with Crippen molar-refractivity contribution < 1.29 is 29.0 Å². The van der Waals surface area contributed by atoms with E-state index in [0.29, 0.717) is 58.5 Å². The SMILES string of the molecule is Cc1cccc(CCCC(=O)c2ccc3c4ccc(OC=O)c5c(C(=O)NCCc6cccc(C)c6)ccc(c6ccc(C(=O)O)c2c63)c54)c1. The van der Waals surface area contributed by atoms with Gasteiger partial charge in [-0.2, -0.15) is 0 Å². The molecule has 0 heterocycles. The molecule has 0 unspecified atom stereocenters. The number of carboxylic acid groups (broad SMARTS) is 1. The first kappa shape index (κ1) is 32.5. The summed E-state index contributed by atoms with van der Waals surface area (Å²) in [5.41, 5.74) is 5.36. The zero-order valence-corrected chi connectivity index (χ0v) is 27.8. The van der Waals surface area contributed by atoms with Crippen LogP contribution in [0.5, 0.6) is 5.75 Å². The second-order valence-corrected chi connectivity index (χ2v) is 12.9. The molecule has 50 heavy (non-hydrogen) atoms. The molecule has 0 aromatic heterocycles. The van der Waals surface area contributed by atoms with E-state index >= 15 is 0 Å². The number of hydrogen-bond donors (Lipinski definition) is 2. The molecule has 0 fully saturated rings. The zero-order chi connectivity index (χ0) is 34.9. The average Bonchev–Trinajstić information content (AvgIpc) is 3.10. The van der Waals surface area contributed by atoms with Crippen molar-refractivity contribution in [2.75, 3.05) is 6.54 Å². The summed E-state index contributed by atoms with van der Waals surface area (Å²) in [6, 6.07) is 30.2. The molecular weight excluding hydrogens is 626 g/mol. The summed E-state index contributed by atoms with van der Waals surface area (Å²) >= 11 is 0. The highest BCUT2D eigenvalue weighted by atomic mass is 16.5. The largest absolute Gasteiger partial charge is 0.478 e. The molecule has 7 nitrogen and oxygen atoms in total. The summed E-state index contributed by atoms with van der Waals surface area (Å²) in [5.74, 6) is -1.30. The predicted molar refractivity (Wildman–Crippen MR) is 197 cm³/mol. The number of amides is 1. The molecule has 0 aliphatic heterocycles. The van der Waals surface area contributed by atoms with Crippen molar-refractivity contribution in [3.05, 3.63) is 136 Å². The van der Waals surface area contributed by atoms with Crippen molar-refractivity contribution in [1.29, 1.82) is 0 Å². The van der Waals surface area contributed by atoms with Gasteiger partial charge in [-0.25, -0.2) is 4.79 Å². The Hall–Kier alpha value is -6.08. The lowest BCUT2D eigenvalue weighted by atomic mass is 9.84. The van der Waals surface area contributed by atoms with Crippen LogP contribution in [0.3, 0.4) is 0 Å². The van der Waals surface area contributed by atoms with Gasteiger partial charge in [-0.1, -0.05) is 83.9 Å². The standard InChI is InChI=1S/C43H35NO6/c1-25-6-3-8-27(22-25)10-5-11-36(46)33-15-12-29-32-18-19-37(50-24-45)41-34(42(47)44-21-20-28-9-4-7-26(2)23-28)16-13-31(39(32)41)30-14-17-35(43(48)49)40(33)38(29)30/h3-4,6-9,12-19,22-24H,5,10-11,20-21H2,1-2H3,(H,44,47)(H,48,49). The minimum Gasteiger partial charge on any atom is -0.478 e. The number of aromatic carboxylic acids is 1. The molecule has 0 saturated carbocycles. The number of hydrogen-bond acceptors (Lipinski definition) is 5. The third-order valence-corrected chi connectivity index (χ3v) is 9.55. The lowest BCUT2D eigenvalue weighted by Crippen LogP contribution is -2.26. The molecular formula is C43H35NO6. The number of ether oxygens (including phenoxy) is 1. The molecule has 0 atom stereocenters. The van der Waals surface area contributed by atoms with Gasteiger partial charge in [-0.3, -0.25) is 14.4 Å². The van der Waals surface area contributed by atoms with Crippen molar-refractivity contribution in [1.82, 2.24) is 5.32 Å². The molecule has 248 valence electrons. The minimum atomic E-state index is -1.12. The average molecular weight is 662 g/mol. The molecule has 0 bridgehead atoms. The number of Topliss-reactive ketones (excluding diaryl/α,β-unsaturated/α-hetero) is 1. The third kappa shape index (κ3) is 5.92. The van der Waals surface area contributed by atoms with Gasteiger partial charge >= 0.3 is 5.97 Å². The van der Waals surface area contributed by atoms with Crippen LogP contribution in [0.15, 0.2) is 97.1 Å². The van der Waals surface area contributed by atoms with Gasteiger partial charge in [-0.05, 0) is 95.4 Å². The van der Waals surface area contributed by atoms with Gasteiger partial charge < -0.3 is 15.2 Å². The van der Waals surface area contributed by atoms with E-state index < -0.39 is 5.97 Å². The second kappa shape index (κ2) is 13.4. The number of carbonyl (C=O) groups is 4. The fourth-order valence-corrected chi connectivity index (χ4v) is 7.35. The van der Waals surface area contributed by atoms with Crippen LogP contribution < -0.4 is 10.1 Å². The van der Waals surface area contributed by atoms with Crippen molar-refractivity contribution in [2.24, 2.45) is 0 Å². The number of benzene rings is 7. The maximum absolute atomic E-state index is 13.8. The molecule has 0 radical (unpaired) electrons. The van der Waals surface area contributed by atoms with Gasteiger partial charge in [-0.15, -0.1) is 0 Å². The van der Waals surface area contributed by atoms with Crippen LogP contribution in [-0.4, -0.2) is 35.8 Å². The highest BCUT2D eigenvalue weighted by Gasteiger charge is 2.25. The number of carbonyl (C=O) groups excluding carboxylic acids is 3. The zero-order valence-electron chi connectivity index (χ0n) is 27.8. The Morgan fingerprint density at radius 2 is 1.22 bits per heavy atom. The molecule has 1 amide bonds. The number of carboxylic acids is 1. The van der Waals surface area contributed by atoms with Crippen LogP contribution in [0.2, 0.25) is 0 Å². The highest BCUT2D eigenvalue weighted by Crippen LogP contribution is 2.45. The molecule has 7 aromatic carbocycles. The first-order chi connectivity index (χ1) is 24.2. The van der Waals surface area contributed by atoms with Crippen LogP contribution >= 0.6 is 0 Å². The summed E-state index contributed by atoms with van der Waals surface area (Å²) in [6.07, 6.45) is 2.29. The summed E-state index contributed by atoms with van der Waals surface area (Å²) in [6.45, 7) is 4.82. The first-order valence-electron chi connectivity index (χ1n) is 16.7. The van der Waals surface area contributed by atoms with Gasteiger partial charge in [0.25, 0.3) is 12.4 Å². The minimum absolute atomic E-state index is 0.0536. The van der Waals surface area contributed by atoms with E-state index in [1.54, 1.807) is 30.3 Å². The van der Waals surface area contributed by atoms with Gasteiger partial charge in [0.15, 0.2) is 5.78 Å². The molecule has 7 rings (SSSR count). The first-order valence-corrected chi connectivity index (χ1v) is 16.7. The van der Waals surface area contributed by atoms with Gasteiger partial charge in [0.2, 0.25) is 0 Å². The van der Waals surface area contributed by atoms with Crippen molar-refractivity contribution in [2.45, 2.75) is 39.5 Å². The number of aryl methyl sites for hydroxylation is 3. The second-order valence-electron chi connectivity index (χ2n) is 12.9. The van der Waals surface area contributed by atoms with E-state index in [0.717, 1.165) is 50.2 Å². The van der Waals surface area contributed by atoms with Crippen LogP contribution in [0, 0.1) is 13.8 Å². The molecule has 2 N–H and O–H groups in total. The molecule has 0 spiro atoms. The number of ketones is 1. The lowest BCUT2D eigenvalue weighted by molar-refractivity contribution is -0.120. The number of rotatable bonds is 12. The van der Waals surface area contributed by atoms with Crippen molar-refractivity contribution >= 4 is 67.2 Å². The molecule has 0 aliphatic carbocycles. The molecule has 0 saturated heterocycles. The van der Waals surface area contributed by atoms with E-state index in [-0.39, 0.29) is 29.4 Å². The van der Waals surface area contributed by atoms with Crippen LogP contribution in [0.1, 0.15) is 66.2 Å².